The first kappa shape index (κ1) is 12.1. The summed E-state index contributed by atoms with van der Waals surface area (Å²) in [6, 6.07) is 6.73. The highest BCUT2D eigenvalue weighted by Gasteiger charge is 2.14. The van der Waals surface area contributed by atoms with E-state index < -0.39 is 0 Å². The molecule has 100 valence electrons. The highest BCUT2D eigenvalue weighted by molar-refractivity contribution is 5.56. The SMILES string of the molecule is Cc1cnc(N)n1Cc1ccc2c(c1)CCCN2C. The van der Waals surface area contributed by atoms with Gasteiger partial charge in [-0.05, 0) is 37.0 Å². The molecule has 0 bridgehead atoms. The van der Waals surface area contributed by atoms with Crippen LogP contribution in [0.2, 0.25) is 0 Å². The first-order valence-corrected chi connectivity index (χ1v) is 6.75. The maximum absolute atomic E-state index is 5.89. The molecule has 1 aromatic carbocycles. The smallest absolute Gasteiger partial charge is 0.200 e. The summed E-state index contributed by atoms with van der Waals surface area (Å²) >= 11 is 0. The number of benzene rings is 1. The molecule has 1 aliphatic rings. The summed E-state index contributed by atoms with van der Waals surface area (Å²) in [6.07, 6.45) is 4.23. The zero-order valence-corrected chi connectivity index (χ0v) is 11.6. The number of nitrogens with two attached hydrogens (primary N) is 1. The van der Waals surface area contributed by atoms with Crippen LogP contribution < -0.4 is 10.6 Å². The van der Waals surface area contributed by atoms with Crippen molar-refractivity contribution in [1.29, 1.82) is 0 Å². The van der Waals surface area contributed by atoms with Crippen molar-refractivity contribution in [2.24, 2.45) is 0 Å². The third-order valence-electron chi connectivity index (χ3n) is 3.92. The Labute approximate surface area is 113 Å². The molecule has 2 heterocycles. The van der Waals surface area contributed by atoms with E-state index in [2.05, 4.69) is 35.1 Å². The molecule has 0 aliphatic carbocycles. The number of aromatic nitrogens is 2. The fourth-order valence-electron chi connectivity index (χ4n) is 2.80. The van der Waals surface area contributed by atoms with Crippen LogP contribution in [0.1, 0.15) is 23.2 Å². The van der Waals surface area contributed by atoms with Gasteiger partial charge in [0.15, 0.2) is 0 Å². The predicted molar refractivity (Wildman–Crippen MR) is 78.5 cm³/mol. The van der Waals surface area contributed by atoms with Crippen LogP contribution in [0.3, 0.4) is 0 Å². The van der Waals surface area contributed by atoms with Crippen molar-refractivity contribution in [3.05, 3.63) is 41.2 Å². The highest BCUT2D eigenvalue weighted by atomic mass is 15.1. The van der Waals surface area contributed by atoms with Gasteiger partial charge in [0.25, 0.3) is 0 Å². The molecule has 0 saturated carbocycles. The normalized spacial score (nSPS) is 14.5. The fourth-order valence-corrected chi connectivity index (χ4v) is 2.80. The van der Waals surface area contributed by atoms with Gasteiger partial charge in [-0.3, -0.25) is 0 Å². The molecule has 0 fully saturated rings. The lowest BCUT2D eigenvalue weighted by molar-refractivity contribution is 0.736. The largest absolute Gasteiger partial charge is 0.374 e. The Balaban J connectivity index is 1.91. The maximum Gasteiger partial charge on any atom is 0.200 e. The summed E-state index contributed by atoms with van der Waals surface area (Å²) < 4.78 is 2.05. The van der Waals surface area contributed by atoms with Crippen molar-refractivity contribution in [2.75, 3.05) is 24.2 Å². The molecule has 1 aliphatic heterocycles. The van der Waals surface area contributed by atoms with Crippen LogP contribution in [-0.4, -0.2) is 23.1 Å². The molecule has 4 nitrogen and oxygen atoms in total. The summed E-state index contributed by atoms with van der Waals surface area (Å²) in [6.45, 7) is 3.99. The van der Waals surface area contributed by atoms with E-state index in [0.717, 1.165) is 18.8 Å². The molecule has 3 rings (SSSR count). The van der Waals surface area contributed by atoms with E-state index in [4.69, 9.17) is 5.73 Å². The Morgan fingerprint density at radius 1 is 1.37 bits per heavy atom. The number of fused-ring (bicyclic) bond motifs is 1. The third-order valence-corrected chi connectivity index (χ3v) is 3.92. The van der Waals surface area contributed by atoms with Crippen LogP contribution >= 0.6 is 0 Å². The first-order chi connectivity index (χ1) is 9.15. The van der Waals surface area contributed by atoms with Crippen LogP contribution in [0.25, 0.3) is 0 Å². The monoisotopic (exact) mass is 256 g/mol. The number of hydrogen-bond acceptors (Lipinski definition) is 3. The predicted octanol–water partition coefficient (Wildman–Crippen LogP) is 2.20. The lowest BCUT2D eigenvalue weighted by Gasteiger charge is -2.28. The number of imidazole rings is 1. The molecule has 0 amide bonds. The van der Waals surface area contributed by atoms with Gasteiger partial charge in [-0.25, -0.2) is 4.98 Å². The molecular weight excluding hydrogens is 236 g/mol. The van der Waals surface area contributed by atoms with Gasteiger partial charge in [-0.2, -0.15) is 0 Å². The Morgan fingerprint density at radius 2 is 2.21 bits per heavy atom. The highest BCUT2D eigenvalue weighted by Crippen LogP contribution is 2.27. The van der Waals surface area contributed by atoms with Gasteiger partial charge in [-0.1, -0.05) is 12.1 Å². The second kappa shape index (κ2) is 4.61. The zero-order valence-electron chi connectivity index (χ0n) is 11.6. The van der Waals surface area contributed by atoms with Crippen LogP contribution in [0.5, 0.6) is 0 Å². The second-order valence-electron chi connectivity index (χ2n) is 5.33. The van der Waals surface area contributed by atoms with Gasteiger partial charge in [0.2, 0.25) is 5.95 Å². The minimum Gasteiger partial charge on any atom is -0.374 e. The number of nitrogen functional groups attached to an aromatic ring is 1. The molecule has 0 atom stereocenters. The van der Waals surface area contributed by atoms with E-state index in [1.807, 2.05) is 17.7 Å². The molecule has 0 unspecified atom stereocenters. The average molecular weight is 256 g/mol. The van der Waals surface area contributed by atoms with Gasteiger partial charge in [-0.15, -0.1) is 0 Å². The standard InChI is InChI=1S/C15H20N4/c1-11-9-17-15(16)19(11)10-12-5-6-14-13(8-12)4-3-7-18(14)2/h5-6,8-9H,3-4,7,10H2,1-2H3,(H2,16,17). The van der Waals surface area contributed by atoms with Crippen molar-refractivity contribution < 1.29 is 0 Å². The molecule has 0 spiro atoms. The summed E-state index contributed by atoms with van der Waals surface area (Å²) in [5.41, 5.74) is 11.1. The first-order valence-electron chi connectivity index (χ1n) is 6.75. The molecule has 2 aromatic rings. The molecule has 4 heteroatoms. The summed E-state index contributed by atoms with van der Waals surface area (Å²) in [4.78, 5) is 6.48. The number of nitrogens with zero attached hydrogens (tertiary/aromatic N) is 3. The van der Waals surface area contributed by atoms with Crippen LogP contribution in [0.4, 0.5) is 11.6 Å². The van der Waals surface area contributed by atoms with Crippen molar-refractivity contribution in [2.45, 2.75) is 26.3 Å². The lowest BCUT2D eigenvalue weighted by atomic mass is 9.99. The number of rotatable bonds is 2. The van der Waals surface area contributed by atoms with E-state index in [1.54, 1.807) is 0 Å². The lowest BCUT2D eigenvalue weighted by Crippen LogP contribution is -2.24. The van der Waals surface area contributed by atoms with Crippen LogP contribution in [0.15, 0.2) is 24.4 Å². The second-order valence-corrected chi connectivity index (χ2v) is 5.33. The van der Waals surface area contributed by atoms with Gasteiger partial charge in [0.1, 0.15) is 0 Å². The Kier molecular flexibility index (Phi) is 2.93. The van der Waals surface area contributed by atoms with E-state index in [9.17, 15) is 0 Å². The van der Waals surface area contributed by atoms with E-state index in [0.29, 0.717) is 5.95 Å². The third kappa shape index (κ3) is 2.18. The van der Waals surface area contributed by atoms with Gasteiger partial charge < -0.3 is 15.2 Å². The molecule has 19 heavy (non-hydrogen) atoms. The maximum atomic E-state index is 5.89. The minimum atomic E-state index is 0.590. The molecule has 1 aromatic heterocycles. The van der Waals surface area contributed by atoms with E-state index in [1.165, 1.54) is 29.7 Å². The summed E-state index contributed by atoms with van der Waals surface area (Å²) in [5.74, 6) is 0.590. The zero-order chi connectivity index (χ0) is 13.4. The van der Waals surface area contributed by atoms with Crippen molar-refractivity contribution >= 4 is 11.6 Å². The average Bonchev–Trinajstić information content (AvgIpc) is 2.71. The minimum absolute atomic E-state index is 0.590. The quantitative estimate of drug-likeness (QED) is 0.896. The van der Waals surface area contributed by atoms with Crippen molar-refractivity contribution in [3.8, 4) is 0 Å². The summed E-state index contributed by atoms with van der Waals surface area (Å²) in [5, 5.41) is 0. The van der Waals surface area contributed by atoms with Gasteiger partial charge in [0.05, 0.1) is 12.7 Å². The van der Waals surface area contributed by atoms with E-state index in [-0.39, 0.29) is 0 Å². The van der Waals surface area contributed by atoms with Crippen LogP contribution in [0, 0.1) is 6.92 Å². The Hall–Kier alpha value is -1.97. The molecule has 2 N–H and O–H groups in total. The van der Waals surface area contributed by atoms with Gasteiger partial charge in [0, 0.05) is 25.0 Å². The van der Waals surface area contributed by atoms with Crippen molar-refractivity contribution in [3.63, 3.8) is 0 Å². The number of anilines is 2. The fraction of sp³-hybridized carbons (Fsp3) is 0.400. The van der Waals surface area contributed by atoms with Crippen LogP contribution in [-0.2, 0) is 13.0 Å². The Morgan fingerprint density at radius 3 is 2.95 bits per heavy atom. The topological polar surface area (TPSA) is 47.1 Å². The molecule has 0 radical (unpaired) electrons. The Bertz CT molecular complexity index is 581. The number of aryl methyl sites for hydroxylation is 2. The summed E-state index contributed by atoms with van der Waals surface area (Å²) in [7, 11) is 2.16. The van der Waals surface area contributed by atoms with E-state index >= 15 is 0 Å². The molecular formula is C15H20N4. The van der Waals surface area contributed by atoms with Crippen molar-refractivity contribution in [1.82, 2.24) is 9.55 Å². The number of hydrogen-bond donors (Lipinski definition) is 1. The molecule has 0 saturated heterocycles. The van der Waals surface area contributed by atoms with Gasteiger partial charge >= 0.3 is 0 Å².